The van der Waals surface area contributed by atoms with Crippen LogP contribution in [0.25, 0.3) is 21.7 Å². The highest BCUT2D eigenvalue weighted by Crippen LogP contribution is 2.25. The van der Waals surface area contributed by atoms with Gasteiger partial charge in [-0.3, -0.25) is 9.78 Å². The molecule has 0 atom stereocenters. The first-order valence-electron chi connectivity index (χ1n) is 10.3. The molecule has 1 aromatic carbocycles. The number of hydrogen-bond acceptors (Lipinski definition) is 5. The minimum absolute atomic E-state index is 0.0813. The molecule has 7 nitrogen and oxygen atoms in total. The molecule has 0 unspecified atom stereocenters. The van der Waals surface area contributed by atoms with E-state index in [-0.39, 0.29) is 12.2 Å². The van der Waals surface area contributed by atoms with E-state index >= 15 is 0 Å². The summed E-state index contributed by atoms with van der Waals surface area (Å²) in [5.74, 6) is 0. The van der Waals surface area contributed by atoms with Crippen molar-refractivity contribution >= 4 is 43.7 Å². The van der Waals surface area contributed by atoms with Crippen LogP contribution in [0.1, 0.15) is 32.0 Å². The number of halogens is 1. The number of benzene rings is 1. The Labute approximate surface area is 193 Å². The second kappa shape index (κ2) is 8.52. The van der Waals surface area contributed by atoms with Gasteiger partial charge in [0.2, 0.25) is 0 Å². The number of pyridine rings is 2. The van der Waals surface area contributed by atoms with Crippen molar-refractivity contribution in [2.24, 2.45) is 0 Å². The van der Waals surface area contributed by atoms with Crippen molar-refractivity contribution in [1.29, 1.82) is 0 Å². The summed E-state index contributed by atoms with van der Waals surface area (Å²) in [5.41, 5.74) is 1.43. The van der Waals surface area contributed by atoms with Gasteiger partial charge in [0.15, 0.2) is 0 Å². The second-order valence-corrected chi connectivity index (χ2v) is 9.50. The fourth-order valence-electron chi connectivity index (χ4n) is 3.72. The van der Waals surface area contributed by atoms with Crippen LogP contribution in [0.3, 0.4) is 0 Å². The maximum Gasteiger partial charge on any atom is 0.419 e. The zero-order valence-corrected chi connectivity index (χ0v) is 19.7. The van der Waals surface area contributed by atoms with E-state index in [1.54, 1.807) is 23.2 Å². The number of aliphatic hydroxyl groups is 1. The number of carbonyl (C=O) groups is 1. The number of ether oxygens (including phenoxy) is 1. The first kappa shape index (κ1) is 22.2. The Kier molecular flexibility index (Phi) is 5.92. The van der Waals surface area contributed by atoms with Crippen molar-refractivity contribution < 1.29 is 14.6 Å². The average molecular weight is 498 g/mol. The van der Waals surface area contributed by atoms with E-state index in [4.69, 9.17) is 4.74 Å². The van der Waals surface area contributed by atoms with Crippen molar-refractivity contribution in [2.45, 2.75) is 39.3 Å². The van der Waals surface area contributed by atoms with Gasteiger partial charge < -0.3 is 14.4 Å². The molecule has 8 heteroatoms. The van der Waals surface area contributed by atoms with E-state index < -0.39 is 11.7 Å². The monoisotopic (exact) mass is 497 g/mol. The highest BCUT2D eigenvalue weighted by molar-refractivity contribution is 9.10. The molecule has 3 heterocycles. The summed E-state index contributed by atoms with van der Waals surface area (Å²) in [6.45, 7) is 5.70. The molecule has 0 amide bonds. The Hall–Kier alpha value is -2.97. The smallest absolute Gasteiger partial charge is 0.419 e. The second-order valence-electron chi connectivity index (χ2n) is 8.65. The lowest BCUT2D eigenvalue weighted by Crippen LogP contribution is -2.28. The minimum Gasteiger partial charge on any atom is -0.443 e. The van der Waals surface area contributed by atoms with Crippen molar-refractivity contribution in [2.75, 3.05) is 6.61 Å². The molecule has 32 heavy (non-hydrogen) atoms. The van der Waals surface area contributed by atoms with Crippen molar-refractivity contribution in [3.05, 3.63) is 75.0 Å². The van der Waals surface area contributed by atoms with Crippen molar-refractivity contribution in [3.8, 4) is 0 Å². The minimum atomic E-state index is -0.650. The van der Waals surface area contributed by atoms with Gasteiger partial charge in [-0.1, -0.05) is 12.1 Å². The first-order chi connectivity index (χ1) is 15.2. The van der Waals surface area contributed by atoms with Gasteiger partial charge in [-0.2, -0.15) is 0 Å². The highest BCUT2D eigenvalue weighted by Gasteiger charge is 2.22. The number of carbonyl (C=O) groups excluding carboxylic acids is 1. The summed E-state index contributed by atoms with van der Waals surface area (Å²) in [5, 5.41) is 11.7. The maximum absolute atomic E-state index is 13.0. The average Bonchev–Trinajstić information content (AvgIpc) is 3.07. The summed E-state index contributed by atoms with van der Waals surface area (Å²) in [6, 6.07) is 9.49. The van der Waals surface area contributed by atoms with Crippen LogP contribution in [0.5, 0.6) is 0 Å². The summed E-state index contributed by atoms with van der Waals surface area (Å²) < 4.78 is 9.48. The lowest BCUT2D eigenvalue weighted by atomic mass is 10.1. The Morgan fingerprint density at radius 3 is 2.66 bits per heavy atom. The van der Waals surface area contributed by atoms with Crippen LogP contribution in [-0.4, -0.2) is 37.5 Å². The quantitative estimate of drug-likeness (QED) is 0.449. The number of nitrogens with zero attached hydrogens (tertiary/aromatic N) is 3. The molecule has 0 bridgehead atoms. The van der Waals surface area contributed by atoms with E-state index in [1.165, 1.54) is 4.57 Å². The molecule has 0 radical (unpaired) electrons. The molecule has 4 rings (SSSR count). The fourth-order valence-corrected chi connectivity index (χ4v) is 4.18. The van der Waals surface area contributed by atoms with Gasteiger partial charge in [0.25, 0.3) is 5.56 Å². The first-order valence-corrected chi connectivity index (χ1v) is 11.1. The molecule has 166 valence electrons. The zero-order valence-electron chi connectivity index (χ0n) is 18.1. The molecular weight excluding hydrogens is 474 g/mol. The van der Waals surface area contributed by atoms with Gasteiger partial charge in [-0.25, -0.2) is 9.36 Å². The Balaban J connectivity index is 1.77. The molecule has 1 N–H and O–H groups in total. The lowest BCUT2D eigenvalue weighted by molar-refractivity contribution is 0.0539. The fraction of sp³-hybridized carbons (Fsp3) is 0.292. The van der Waals surface area contributed by atoms with Crippen LogP contribution in [0, 0.1) is 0 Å². The van der Waals surface area contributed by atoms with Gasteiger partial charge in [0, 0.05) is 52.6 Å². The van der Waals surface area contributed by atoms with Gasteiger partial charge in [0.1, 0.15) is 5.60 Å². The number of fused-ring (bicyclic) bond motifs is 2. The van der Waals surface area contributed by atoms with Gasteiger partial charge >= 0.3 is 6.09 Å². The van der Waals surface area contributed by atoms with Gasteiger partial charge in [-0.15, -0.1) is 0 Å². The molecule has 0 aliphatic rings. The Morgan fingerprint density at radius 2 is 1.94 bits per heavy atom. The molecule has 0 aliphatic heterocycles. The molecule has 0 fully saturated rings. The van der Waals surface area contributed by atoms with Crippen molar-refractivity contribution in [3.63, 3.8) is 0 Å². The third-order valence-electron chi connectivity index (χ3n) is 5.09. The lowest BCUT2D eigenvalue weighted by Gasteiger charge is -2.21. The van der Waals surface area contributed by atoms with Crippen LogP contribution in [0.2, 0.25) is 0 Å². The topological polar surface area (TPSA) is 86.3 Å². The number of aliphatic hydroxyl groups excluding tert-OH is 1. The van der Waals surface area contributed by atoms with Crippen LogP contribution < -0.4 is 5.56 Å². The molecule has 3 aromatic heterocycles. The number of aromatic nitrogens is 3. The van der Waals surface area contributed by atoms with E-state index in [2.05, 4.69) is 20.9 Å². The molecule has 0 spiro atoms. The van der Waals surface area contributed by atoms with Crippen LogP contribution in [-0.2, 0) is 17.7 Å². The normalized spacial score (nSPS) is 11.9. The van der Waals surface area contributed by atoms with Crippen molar-refractivity contribution in [1.82, 2.24) is 14.1 Å². The zero-order chi connectivity index (χ0) is 23.0. The summed E-state index contributed by atoms with van der Waals surface area (Å²) >= 11 is 3.43. The highest BCUT2D eigenvalue weighted by atomic mass is 79.9. The largest absolute Gasteiger partial charge is 0.443 e. The van der Waals surface area contributed by atoms with Crippen LogP contribution in [0.15, 0.2) is 58.2 Å². The summed E-state index contributed by atoms with van der Waals surface area (Å²) in [6.07, 6.45) is 4.82. The number of hydrogen-bond donors (Lipinski definition) is 1. The number of rotatable bonds is 4. The van der Waals surface area contributed by atoms with Crippen LogP contribution >= 0.6 is 15.9 Å². The van der Waals surface area contributed by atoms with E-state index in [1.807, 2.05) is 51.1 Å². The molecule has 0 saturated carbocycles. The van der Waals surface area contributed by atoms with Gasteiger partial charge in [-0.05, 0) is 60.5 Å². The predicted molar refractivity (Wildman–Crippen MR) is 127 cm³/mol. The van der Waals surface area contributed by atoms with E-state index in [0.29, 0.717) is 29.6 Å². The molecule has 0 aliphatic carbocycles. The molecule has 4 aromatic rings. The van der Waals surface area contributed by atoms with E-state index in [9.17, 15) is 14.7 Å². The molecular formula is C24H24BrN3O4. The predicted octanol–water partition coefficient (Wildman–Crippen LogP) is 4.48. The standard InChI is InChI=1S/C24H24BrN3O4/c1-24(2,3)32-23(31)28-17(7-9-29)11-16-5-4-15(10-21(16)28)14-27-8-6-18-19(22(27)30)12-26-13-20(18)25/h4-6,8,10-13,29H,7,9,14H2,1-3H3. The third-order valence-corrected chi connectivity index (χ3v) is 5.73. The Bertz CT molecular complexity index is 1380. The summed E-state index contributed by atoms with van der Waals surface area (Å²) in [4.78, 5) is 30.0. The third kappa shape index (κ3) is 4.33. The SMILES string of the molecule is CC(C)(C)OC(=O)n1c(CCO)cc2ccc(Cn3ccc4c(Br)cncc4c3=O)cc21. The van der Waals surface area contributed by atoms with E-state index in [0.717, 1.165) is 20.8 Å². The van der Waals surface area contributed by atoms with Gasteiger partial charge in [0.05, 0.1) is 17.4 Å². The van der Waals surface area contributed by atoms with Crippen LogP contribution in [0.4, 0.5) is 4.79 Å². The Morgan fingerprint density at radius 1 is 1.16 bits per heavy atom. The molecule has 0 saturated heterocycles. The maximum atomic E-state index is 13.0. The summed E-state index contributed by atoms with van der Waals surface area (Å²) in [7, 11) is 0.